The molecule has 1 N–H and O–H groups in total. The molecule has 0 unspecified atom stereocenters. The zero-order chi connectivity index (χ0) is 17.6. The van der Waals surface area contributed by atoms with Gasteiger partial charge in [0.2, 0.25) is 0 Å². The summed E-state index contributed by atoms with van der Waals surface area (Å²) >= 11 is 3.17. The van der Waals surface area contributed by atoms with Crippen molar-refractivity contribution in [3.63, 3.8) is 0 Å². The highest BCUT2D eigenvalue weighted by atomic mass is 32.2. The number of thioether (sulfide) groups is 1. The molecule has 0 saturated heterocycles. The minimum atomic E-state index is -0.173. The molecule has 0 fully saturated rings. The van der Waals surface area contributed by atoms with E-state index >= 15 is 0 Å². The van der Waals surface area contributed by atoms with Gasteiger partial charge in [0.05, 0.1) is 7.11 Å². The first-order valence-corrected chi connectivity index (χ1v) is 9.66. The van der Waals surface area contributed by atoms with Gasteiger partial charge in [0.25, 0.3) is 5.91 Å². The van der Waals surface area contributed by atoms with E-state index < -0.39 is 0 Å². The van der Waals surface area contributed by atoms with Crippen molar-refractivity contribution in [2.24, 2.45) is 0 Å². The summed E-state index contributed by atoms with van der Waals surface area (Å²) in [5.41, 5.74) is 2.34. The van der Waals surface area contributed by atoms with Gasteiger partial charge < -0.3 is 10.1 Å². The molecule has 6 heteroatoms. The Hall–Kier alpha value is -2.31. The molecule has 3 rings (SSSR count). The van der Waals surface area contributed by atoms with Gasteiger partial charge in [-0.25, -0.2) is 4.98 Å². The number of methoxy groups -OCH3 is 1. The number of hydrogen-bond acceptors (Lipinski definition) is 5. The summed E-state index contributed by atoms with van der Waals surface area (Å²) < 4.78 is 6.14. The molecule has 0 radical (unpaired) electrons. The zero-order valence-corrected chi connectivity index (χ0v) is 15.6. The molecule has 0 aliphatic heterocycles. The van der Waals surface area contributed by atoms with Crippen LogP contribution in [0.25, 0.3) is 11.3 Å². The topological polar surface area (TPSA) is 51.2 Å². The summed E-state index contributed by atoms with van der Waals surface area (Å²) in [5.74, 6) is 1.42. The zero-order valence-electron chi connectivity index (χ0n) is 14.0. The minimum Gasteiger partial charge on any atom is -0.497 e. The Morgan fingerprint density at radius 2 is 2.00 bits per heavy atom. The second kappa shape index (κ2) is 8.18. The molecule has 2 aromatic carbocycles. The monoisotopic (exact) mass is 370 g/mol. The molecular weight excluding hydrogens is 352 g/mol. The number of ether oxygens (including phenoxy) is 1. The van der Waals surface area contributed by atoms with Crippen LogP contribution in [0.1, 0.15) is 17.3 Å². The highest BCUT2D eigenvalue weighted by Gasteiger charge is 2.16. The number of benzene rings is 2. The Morgan fingerprint density at radius 1 is 1.20 bits per heavy atom. The van der Waals surface area contributed by atoms with Gasteiger partial charge in [0.15, 0.2) is 4.34 Å². The van der Waals surface area contributed by atoms with Crippen molar-refractivity contribution < 1.29 is 9.53 Å². The summed E-state index contributed by atoms with van der Waals surface area (Å²) in [6.45, 7) is 2.09. The maximum Gasteiger partial charge on any atom is 0.256 e. The van der Waals surface area contributed by atoms with E-state index in [0.717, 1.165) is 26.4 Å². The predicted molar refractivity (Wildman–Crippen MR) is 105 cm³/mol. The fraction of sp³-hybridized carbons (Fsp3) is 0.158. The molecule has 0 atom stereocenters. The maximum atomic E-state index is 12.6. The van der Waals surface area contributed by atoms with E-state index in [-0.39, 0.29) is 5.91 Å². The first kappa shape index (κ1) is 17.5. The van der Waals surface area contributed by atoms with E-state index in [2.05, 4.69) is 12.2 Å². The second-order valence-electron chi connectivity index (χ2n) is 5.14. The molecule has 0 spiro atoms. The number of carbonyl (C=O) groups is 1. The van der Waals surface area contributed by atoms with Crippen molar-refractivity contribution in [1.82, 2.24) is 4.98 Å². The number of nitrogens with zero attached hydrogens (tertiary/aromatic N) is 1. The van der Waals surface area contributed by atoms with Crippen LogP contribution in [0.5, 0.6) is 5.75 Å². The molecule has 1 amide bonds. The predicted octanol–water partition coefficient (Wildman–Crippen LogP) is 5.18. The molecule has 0 aliphatic carbocycles. The third kappa shape index (κ3) is 4.21. The molecule has 25 heavy (non-hydrogen) atoms. The van der Waals surface area contributed by atoms with Crippen molar-refractivity contribution in [3.05, 3.63) is 60.2 Å². The number of nitrogens with one attached hydrogen (secondary N) is 1. The molecule has 0 bridgehead atoms. The molecule has 3 aromatic rings. The number of anilines is 1. The van der Waals surface area contributed by atoms with Crippen molar-refractivity contribution in [1.29, 1.82) is 0 Å². The van der Waals surface area contributed by atoms with Crippen LogP contribution in [0.3, 0.4) is 0 Å². The van der Waals surface area contributed by atoms with Crippen LogP contribution in [0, 0.1) is 0 Å². The minimum absolute atomic E-state index is 0.173. The molecule has 1 heterocycles. The molecule has 0 aliphatic rings. The second-order valence-corrected chi connectivity index (χ2v) is 7.65. The highest BCUT2D eigenvalue weighted by Crippen LogP contribution is 2.37. The Kier molecular flexibility index (Phi) is 5.73. The molecule has 4 nitrogen and oxygen atoms in total. The van der Waals surface area contributed by atoms with Crippen LogP contribution in [-0.4, -0.2) is 23.8 Å². The summed E-state index contributed by atoms with van der Waals surface area (Å²) in [4.78, 5) is 17.3. The number of amides is 1. The lowest BCUT2D eigenvalue weighted by Crippen LogP contribution is -2.11. The van der Waals surface area contributed by atoms with Crippen molar-refractivity contribution in [2.45, 2.75) is 11.3 Å². The van der Waals surface area contributed by atoms with Gasteiger partial charge >= 0.3 is 0 Å². The van der Waals surface area contributed by atoms with E-state index in [1.54, 1.807) is 37.1 Å². The Labute approximate surface area is 155 Å². The van der Waals surface area contributed by atoms with Gasteiger partial charge in [-0.2, -0.15) is 0 Å². The van der Waals surface area contributed by atoms with Gasteiger partial charge in [-0.1, -0.05) is 66.4 Å². The first-order chi connectivity index (χ1) is 12.2. The largest absolute Gasteiger partial charge is 0.497 e. The molecule has 0 saturated carbocycles. The van der Waals surface area contributed by atoms with Crippen LogP contribution in [0.15, 0.2) is 58.9 Å². The van der Waals surface area contributed by atoms with E-state index in [9.17, 15) is 4.79 Å². The summed E-state index contributed by atoms with van der Waals surface area (Å²) in [6, 6.07) is 17.0. The van der Waals surface area contributed by atoms with Crippen molar-refractivity contribution in [3.8, 4) is 17.0 Å². The standard InChI is InChI=1S/C19H18N2O2S2/c1-3-24-19-20-16(13-8-5-4-6-9-13)18(25-19)21-17(22)14-10-7-11-15(12-14)23-2/h4-12H,3H2,1-2H3,(H,21,22). The normalized spacial score (nSPS) is 10.5. The SMILES string of the molecule is CCSc1nc(-c2ccccc2)c(NC(=O)c2cccc(OC)c2)s1. The van der Waals surface area contributed by atoms with Crippen LogP contribution < -0.4 is 10.1 Å². The Bertz CT molecular complexity index is 863. The van der Waals surface area contributed by atoms with Crippen molar-refractivity contribution >= 4 is 34.0 Å². The lowest BCUT2D eigenvalue weighted by molar-refractivity contribution is 0.102. The van der Waals surface area contributed by atoms with Crippen LogP contribution >= 0.6 is 23.1 Å². The Morgan fingerprint density at radius 3 is 2.72 bits per heavy atom. The smallest absolute Gasteiger partial charge is 0.256 e. The van der Waals surface area contributed by atoms with E-state index in [1.807, 2.05) is 36.4 Å². The summed E-state index contributed by atoms with van der Waals surface area (Å²) in [5, 5.41) is 3.76. The first-order valence-electron chi connectivity index (χ1n) is 7.85. The number of hydrogen-bond donors (Lipinski definition) is 1. The number of rotatable bonds is 6. The van der Waals surface area contributed by atoms with Crippen LogP contribution in [0.2, 0.25) is 0 Å². The van der Waals surface area contributed by atoms with Gasteiger partial charge in [-0.3, -0.25) is 4.79 Å². The van der Waals surface area contributed by atoms with Crippen molar-refractivity contribution in [2.75, 3.05) is 18.2 Å². The average molecular weight is 370 g/mol. The molecule has 1 aromatic heterocycles. The van der Waals surface area contributed by atoms with Crippen LogP contribution in [-0.2, 0) is 0 Å². The third-order valence-corrected chi connectivity index (χ3v) is 5.48. The number of thiazole rings is 1. The van der Waals surface area contributed by atoms with E-state index in [1.165, 1.54) is 11.3 Å². The third-order valence-electron chi connectivity index (χ3n) is 3.48. The van der Waals surface area contributed by atoms with E-state index in [0.29, 0.717) is 11.3 Å². The number of aromatic nitrogens is 1. The van der Waals surface area contributed by atoms with Gasteiger partial charge in [-0.05, 0) is 24.0 Å². The number of carbonyl (C=O) groups excluding carboxylic acids is 1. The fourth-order valence-corrected chi connectivity index (χ4v) is 4.26. The van der Waals surface area contributed by atoms with E-state index in [4.69, 9.17) is 9.72 Å². The lowest BCUT2D eigenvalue weighted by atomic mass is 10.1. The average Bonchev–Trinajstić information content (AvgIpc) is 3.05. The van der Waals surface area contributed by atoms with Gasteiger partial charge in [-0.15, -0.1) is 0 Å². The highest BCUT2D eigenvalue weighted by molar-refractivity contribution is 8.01. The van der Waals surface area contributed by atoms with Crippen LogP contribution in [0.4, 0.5) is 5.00 Å². The van der Waals surface area contributed by atoms with Gasteiger partial charge in [0, 0.05) is 11.1 Å². The van der Waals surface area contributed by atoms with Gasteiger partial charge in [0.1, 0.15) is 16.4 Å². The summed E-state index contributed by atoms with van der Waals surface area (Å²) in [7, 11) is 1.59. The quantitative estimate of drug-likeness (QED) is 0.607. The lowest BCUT2D eigenvalue weighted by Gasteiger charge is -2.06. The Balaban J connectivity index is 1.91. The molecule has 128 valence electrons. The molecular formula is C19H18N2O2S2. The maximum absolute atomic E-state index is 12.6. The fourth-order valence-electron chi connectivity index (χ4n) is 2.30. The summed E-state index contributed by atoms with van der Waals surface area (Å²) in [6.07, 6.45) is 0.